The van der Waals surface area contributed by atoms with Gasteiger partial charge in [0.1, 0.15) is 0 Å². The van der Waals surface area contributed by atoms with Gasteiger partial charge in [-0.05, 0) is 49.9 Å². The Kier molecular flexibility index (Phi) is 7.93. The lowest BCUT2D eigenvalue weighted by molar-refractivity contribution is -0.121. The maximum Gasteiger partial charge on any atom is 0.226 e. The van der Waals surface area contributed by atoms with Gasteiger partial charge in [-0.2, -0.15) is 0 Å². The molecule has 5 heteroatoms. The van der Waals surface area contributed by atoms with E-state index in [1.54, 1.807) is 0 Å². The summed E-state index contributed by atoms with van der Waals surface area (Å²) in [6.45, 7) is 7.73. The molecule has 5 nitrogen and oxygen atoms in total. The standard InChI is InChI=1S/C27H38N4O/c1-21(23-6-4-3-5-7-23)29-27(32)18-26-13-12-25(19-28-26)24-10-8-22(9-11-24)20-31-16-14-30(2)15-17-31/h8-13,19,21,23H,3-7,14-18,20H2,1-2H3,(H,29,32)/t21-/m1/s1. The van der Waals surface area contributed by atoms with Crippen molar-refractivity contribution in [1.29, 1.82) is 0 Å². The number of piperazine rings is 1. The smallest absolute Gasteiger partial charge is 0.226 e. The van der Waals surface area contributed by atoms with Crippen molar-refractivity contribution in [1.82, 2.24) is 20.1 Å². The van der Waals surface area contributed by atoms with Crippen LogP contribution < -0.4 is 5.32 Å². The van der Waals surface area contributed by atoms with Crippen LogP contribution in [0.3, 0.4) is 0 Å². The van der Waals surface area contributed by atoms with Gasteiger partial charge in [-0.25, -0.2) is 0 Å². The summed E-state index contributed by atoms with van der Waals surface area (Å²) < 4.78 is 0. The van der Waals surface area contributed by atoms with Crippen LogP contribution in [0.4, 0.5) is 0 Å². The van der Waals surface area contributed by atoms with Crippen molar-refractivity contribution >= 4 is 5.91 Å². The molecule has 1 saturated heterocycles. The lowest BCUT2D eigenvalue weighted by Gasteiger charge is -2.32. The molecular weight excluding hydrogens is 396 g/mol. The van der Waals surface area contributed by atoms with Crippen LogP contribution in [0, 0.1) is 5.92 Å². The molecule has 1 aromatic heterocycles. The number of aromatic nitrogens is 1. The maximum absolute atomic E-state index is 12.5. The molecule has 1 N–H and O–H groups in total. The largest absolute Gasteiger partial charge is 0.353 e. The minimum Gasteiger partial charge on any atom is -0.353 e. The third kappa shape index (κ3) is 6.39. The Bertz CT molecular complexity index is 850. The molecule has 1 aliphatic carbocycles. The highest BCUT2D eigenvalue weighted by molar-refractivity contribution is 5.78. The summed E-state index contributed by atoms with van der Waals surface area (Å²) in [5.74, 6) is 0.707. The molecule has 0 radical (unpaired) electrons. The zero-order chi connectivity index (χ0) is 22.3. The maximum atomic E-state index is 12.5. The Morgan fingerprint density at radius 2 is 1.69 bits per heavy atom. The highest BCUT2D eigenvalue weighted by Crippen LogP contribution is 2.26. The third-order valence-electron chi connectivity index (χ3n) is 7.20. The molecule has 2 aliphatic rings. The number of carbonyl (C=O) groups is 1. The molecule has 0 unspecified atom stereocenters. The Hall–Kier alpha value is -2.24. The highest BCUT2D eigenvalue weighted by Gasteiger charge is 2.21. The number of nitrogens with zero attached hydrogens (tertiary/aromatic N) is 3. The van der Waals surface area contributed by atoms with Gasteiger partial charge in [-0.3, -0.25) is 14.7 Å². The van der Waals surface area contributed by atoms with Crippen LogP contribution in [0.5, 0.6) is 0 Å². The molecule has 172 valence electrons. The molecule has 0 spiro atoms. The third-order valence-corrected chi connectivity index (χ3v) is 7.20. The van der Waals surface area contributed by atoms with Gasteiger partial charge in [0, 0.05) is 56.2 Å². The van der Waals surface area contributed by atoms with Crippen LogP contribution in [-0.4, -0.2) is 60.0 Å². The number of likely N-dealkylation sites (N-methyl/N-ethyl adjacent to an activating group) is 1. The predicted molar refractivity (Wildman–Crippen MR) is 130 cm³/mol. The molecule has 2 heterocycles. The van der Waals surface area contributed by atoms with Crippen molar-refractivity contribution in [3.05, 3.63) is 53.9 Å². The van der Waals surface area contributed by atoms with Crippen molar-refractivity contribution < 1.29 is 4.79 Å². The number of pyridine rings is 1. The predicted octanol–water partition coefficient (Wildman–Crippen LogP) is 4.12. The van der Waals surface area contributed by atoms with Crippen LogP contribution in [0.15, 0.2) is 42.6 Å². The number of amides is 1. The fourth-order valence-electron chi connectivity index (χ4n) is 4.99. The van der Waals surface area contributed by atoms with Crippen LogP contribution in [0.25, 0.3) is 11.1 Å². The average molecular weight is 435 g/mol. The van der Waals surface area contributed by atoms with Gasteiger partial charge >= 0.3 is 0 Å². The van der Waals surface area contributed by atoms with Crippen molar-refractivity contribution in [2.45, 2.75) is 58.0 Å². The van der Waals surface area contributed by atoms with Gasteiger partial charge in [-0.1, -0.05) is 49.6 Å². The van der Waals surface area contributed by atoms with E-state index in [0.29, 0.717) is 12.3 Å². The Morgan fingerprint density at radius 3 is 2.34 bits per heavy atom. The molecule has 32 heavy (non-hydrogen) atoms. The summed E-state index contributed by atoms with van der Waals surface area (Å²) in [6, 6.07) is 13.1. The molecular formula is C27H38N4O. The molecule has 1 atom stereocenters. The summed E-state index contributed by atoms with van der Waals surface area (Å²) in [4.78, 5) is 22.0. The lowest BCUT2D eigenvalue weighted by atomic mass is 9.84. The zero-order valence-electron chi connectivity index (χ0n) is 19.7. The number of hydrogen-bond donors (Lipinski definition) is 1. The van der Waals surface area contributed by atoms with E-state index in [0.717, 1.165) is 44.0 Å². The second kappa shape index (κ2) is 11.1. The molecule has 2 fully saturated rings. The quantitative estimate of drug-likeness (QED) is 0.712. The van der Waals surface area contributed by atoms with Gasteiger partial charge in [0.15, 0.2) is 0 Å². The summed E-state index contributed by atoms with van der Waals surface area (Å²) in [5.41, 5.74) is 4.44. The van der Waals surface area contributed by atoms with E-state index in [2.05, 4.69) is 64.4 Å². The fourth-order valence-corrected chi connectivity index (χ4v) is 4.99. The van der Waals surface area contributed by atoms with Gasteiger partial charge in [0.05, 0.1) is 6.42 Å². The van der Waals surface area contributed by atoms with E-state index in [1.165, 1.54) is 43.2 Å². The normalized spacial score (nSPS) is 19.6. The van der Waals surface area contributed by atoms with Gasteiger partial charge < -0.3 is 10.2 Å². The number of hydrogen-bond acceptors (Lipinski definition) is 4. The summed E-state index contributed by atoms with van der Waals surface area (Å²) in [6.07, 6.45) is 8.65. The monoisotopic (exact) mass is 434 g/mol. The first-order valence-corrected chi connectivity index (χ1v) is 12.3. The molecule has 4 rings (SSSR count). The average Bonchev–Trinajstić information content (AvgIpc) is 2.82. The van der Waals surface area contributed by atoms with Crippen molar-refractivity contribution in [3.63, 3.8) is 0 Å². The summed E-state index contributed by atoms with van der Waals surface area (Å²) in [5, 5.41) is 3.20. The number of nitrogens with one attached hydrogen (secondary N) is 1. The van der Waals surface area contributed by atoms with Gasteiger partial charge in [-0.15, -0.1) is 0 Å². The Labute approximate surface area is 193 Å². The minimum absolute atomic E-state index is 0.0802. The van der Waals surface area contributed by atoms with Gasteiger partial charge in [0.2, 0.25) is 5.91 Å². The molecule has 0 bridgehead atoms. The Balaban J connectivity index is 1.27. The summed E-state index contributed by atoms with van der Waals surface area (Å²) in [7, 11) is 2.19. The van der Waals surface area contributed by atoms with E-state index in [-0.39, 0.29) is 11.9 Å². The minimum atomic E-state index is 0.0802. The van der Waals surface area contributed by atoms with E-state index in [4.69, 9.17) is 0 Å². The topological polar surface area (TPSA) is 48.5 Å². The van der Waals surface area contributed by atoms with Crippen LogP contribution in [-0.2, 0) is 17.8 Å². The molecule has 2 aromatic rings. The number of benzene rings is 1. The van der Waals surface area contributed by atoms with Crippen molar-refractivity contribution in [2.24, 2.45) is 5.92 Å². The van der Waals surface area contributed by atoms with Crippen molar-refractivity contribution in [3.8, 4) is 11.1 Å². The fraction of sp³-hybridized carbons (Fsp3) is 0.556. The van der Waals surface area contributed by atoms with E-state index in [1.807, 2.05) is 12.3 Å². The van der Waals surface area contributed by atoms with Crippen molar-refractivity contribution in [2.75, 3.05) is 33.2 Å². The second-order valence-electron chi connectivity index (χ2n) is 9.75. The zero-order valence-corrected chi connectivity index (χ0v) is 19.7. The van der Waals surface area contributed by atoms with Crippen LogP contribution >= 0.6 is 0 Å². The van der Waals surface area contributed by atoms with Crippen LogP contribution in [0.2, 0.25) is 0 Å². The van der Waals surface area contributed by atoms with E-state index < -0.39 is 0 Å². The SMILES string of the molecule is C[C@@H](NC(=O)Cc1ccc(-c2ccc(CN3CCN(C)CC3)cc2)cn1)C1CCCCC1. The Morgan fingerprint density at radius 1 is 1.00 bits per heavy atom. The van der Waals surface area contributed by atoms with Crippen LogP contribution in [0.1, 0.15) is 50.3 Å². The first-order chi connectivity index (χ1) is 15.6. The first kappa shape index (κ1) is 22.9. The molecule has 1 amide bonds. The summed E-state index contributed by atoms with van der Waals surface area (Å²) >= 11 is 0. The highest BCUT2D eigenvalue weighted by atomic mass is 16.1. The number of rotatable bonds is 7. The first-order valence-electron chi connectivity index (χ1n) is 12.3. The van der Waals surface area contributed by atoms with Gasteiger partial charge in [0.25, 0.3) is 0 Å². The molecule has 1 saturated carbocycles. The lowest BCUT2D eigenvalue weighted by Crippen LogP contribution is -2.43. The number of carbonyl (C=O) groups excluding carboxylic acids is 1. The molecule has 1 aromatic carbocycles. The van der Waals surface area contributed by atoms with E-state index in [9.17, 15) is 4.79 Å². The molecule has 1 aliphatic heterocycles. The van der Waals surface area contributed by atoms with E-state index >= 15 is 0 Å². The second-order valence-corrected chi connectivity index (χ2v) is 9.75.